The summed E-state index contributed by atoms with van der Waals surface area (Å²) in [6.45, 7) is 6.50. The molecular formula is C10H19O. The molecule has 11 heavy (non-hydrogen) atoms. The number of hydrogen-bond acceptors (Lipinski definition) is 1. The maximum Gasteiger partial charge on any atom is 0.0840 e. The maximum atomic E-state index is 5.50. The van der Waals surface area contributed by atoms with Gasteiger partial charge in [0.2, 0.25) is 0 Å². The van der Waals surface area contributed by atoms with Gasteiger partial charge in [-0.1, -0.05) is 13.8 Å². The van der Waals surface area contributed by atoms with Gasteiger partial charge in [0.15, 0.2) is 0 Å². The fourth-order valence-electron chi connectivity index (χ4n) is 1.11. The van der Waals surface area contributed by atoms with Gasteiger partial charge in [0, 0.05) is 0 Å². The highest BCUT2D eigenvalue weighted by Crippen LogP contribution is 2.23. The number of ether oxygens (including phenoxy) is 1. The van der Waals surface area contributed by atoms with Gasteiger partial charge in [-0.15, -0.1) is 0 Å². The maximum absolute atomic E-state index is 5.50. The van der Waals surface area contributed by atoms with Crippen LogP contribution in [0.3, 0.4) is 0 Å². The quantitative estimate of drug-likeness (QED) is 0.554. The Labute approximate surface area is 70.1 Å². The fraction of sp³-hybridized carbons (Fsp3) is 0.900. The third-order valence-electron chi connectivity index (χ3n) is 2.20. The van der Waals surface area contributed by atoms with Crippen molar-refractivity contribution in [3.8, 4) is 0 Å². The molecule has 0 spiro atoms. The first-order valence-corrected chi connectivity index (χ1v) is 4.76. The molecule has 0 atom stereocenters. The SMILES string of the molecule is CC(C)CC[CH]OC1CCC1. The summed E-state index contributed by atoms with van der Waals surface area (Å²) in [7, 11) is 0. The second kappa shape index (κ2) is 4.76. The molecule has 1 rings (SSSR count). The van der Waals surface area contributed by atoms with E-state index in [1.165, 1.54) is 25.7 Å². The van der Waals surface area contributed by atoms with E-state index in [-0.39, 0.29) is 0 Å². The first kappa shape index (κ1) is 9.05. The van der Waals surface area contributed by atoms with Gasteiger partial charge in [0.05, 0.1) is 12.7 Å². The minimum absolute atomic E-state index is 0.571. The molecule has 1 radical (unpaired) electrons. The van der Waals surface area contributed by atoms with Crippen molar-refractivity contribution in [3.63, 3.8) is 0 Å². The molecule has 0 N–H and O–H groups in total. The molecule has 1 nitrogen and oxygen atoms in total. The molecule has 0 aromatic heterocycles. The summed E-state index contributed by atoms with van der Waals surface area (Å²) in [5.41, 5.74) is 0. The van der Waals surface area contributed by atoms with Crippen molar-refractivity contribution >= 4 is 0 Å². The largest absolute Gasteiger partial charge is 0.372 e. The molecule has 0 bridgehead atoms. The van der Waals surface area contributed by atoms with Gasteiger partial charge in [-0.25, -0.2) is 0 Å². The smallest absolute Gasteiger partial charge is 0.0840 e. The summed E-state index contributed by atoms with van der Waals surface area (Å²) >= 11 is 0. The van der Waals surface area contributed by atoms with E-state index in [4.69, 9.17) is 4.74 Å². The van der Waals surface area contributed by atoms with Crippen molar-refractivity contribution in [2.24, 2.45) is 5.92 Å². The van der Waals surface area contributed by atoms with Crippen LogP contribution in [0.4, 0.5) is 0 Å². The minimum Gasteiger partial charge on any atom is -0.372 e. The summed E-state index contributed by atoms with van der Waals surface area (Å²) in [6.07, 6.45) is 6.86. The predicted molar refractivity (Wildman–Crippen MR) is 47.1 cm³/mol. The van der Waals surface area contributed by atoms with E-state index < -0.39 is 0 Å². The van der Waals surface area contributed by atoms with Crippen LogP contribution in [0, 0.1) is 12.5 Å². The molecule has 65 valence electrons. The Morgan fingerprint density at radius 3 is 2.64 bits per heavy atom. The molecule has 1 heteroatoms. The fourth-order valence-corrected chi connectivity index (χ4v) is 1.11. The summed E-state index contributed by atoms with van der Waals surface area (Å²) < 4.78 is 5.50. The van der Waals surface area contributed by atoms with Gasteiger partial charge in [-0.2, -0.15) is 0 Å². The molecule has 1 aliphatic carbocycles. The summed E-state index contributed by atoms with van der Waals surface area (Å²) in [4.78, 5) is 0. The first-order valence-electron chi connectivity index (χ1n) is 4.76. The Hall–Kier alpha value is -0.0400. The van der Waals surface area contributed by atoms with Gasteiger partial charge < -0.3 is 4.74 Å². The highest BCUT2D eigenvalue weighted by Gasteiger charge is 2.17. The number of hydrogen-bond donors (Lipinski definition) is 0. The van der Waals surface area contributed by atoms with E-state index in [9.17, 15) is 0 Å². The second-order valence-corrected chi connectivity index (χ2v) is 3.83. The van der Waals surface area contributed by atoms with Crippen LogP contribution < -0.4 is 0 Å². The molecule has 0 saturated heterocycles. The van der Waals surface area contributed by atoms with Gasteiger partial charge in [-0.05, 0) is 38.0 Å². The third kappa shape index (κ3) is 3.76. The molecule has 1 fully saturated rings. The molecular weight excluding hydrogens is 136 g/mol. The van der Waals surface area contributed by atoms with Crippen LogP contribution >= 0.6 is 0 Å². The predicted octanol–water partition coefficient (Wildman–Crippen LogP) is 3.15. The summed E-state index contributed by atoms with van der Waals surface area (Å²) in [5.74, 6) is 0.802. The summed E-state index contributed by atoms with van der Waals surface area (Å²) in [5, 5.41) is 0. The van der Waals surface area contributed by atoms with Crippen molar-refractivity contribution in [1.82, 2.24) is 0 Å². The molecule has 0 aromatic carbocycles. The zero-order valence-electron chi connectivity index (χ0n) is 7.68. The van der Waals surface area contributed by atoms with Crippen LogP contribution in [0.5, 0.6) is 0 Å². The highest BCUT2D eigenvalue weighted by molar-refractivity contribution is 4.71. The summed E-state index contributed by atoms with van der Waals surface area (Å²) in [6, 6.07) is 0. The van der Waals surface area contributed by atoms with E-state index in [2.05, 4.69) is 13.8 Å². The van der Waals surface area contributed by atoms with Crippen molar-refractivity contribution in [2.45, 2.75) is 52.1 Å². The lowest BCUT2D eigenvalue weighted by Crippen LogP contribution is -2.20. The van der Waals surface area contributed by atoms with E-state index in [0.717, 1.165) is 12.3 Å². The van der Waals surface area contributed by atoms with Crippen LogP contribution in [0.15, 0.2) is 0 Å². The number of rotatable bonds is 5. The van der Waals surface area contributed by atoms with Crippen LogP contribution in [0.2, 0.25) is 0 Å². The molecule has 0 amide bonds. The lowest BCUT2D eigenvalue weighted by atomic mass is 9.96. The van der Waals surface area contributed by atoms with Gasteiger partial charge in [0.25, 0.3) is 0 Å². The Morgan fingerprint density at radius 2 is 2.18 bits per heavy atom. The molecule has 0 aromatic rings. The Morgan fingerprint density at radius 1 is 1.45 bits per heavy atom. The van der Waals surface area contributed by atoms with E-state index in [1.807, 2.05) is 6.61 Å². The topological polar surface area (TPSA) is 9.23 Å². The van der Waals surface area contributed by atoms with Crippen LogP contribution in [-0.2, 0) is 4.74 Å². The van der Waals surface area contributed by atoms with Crippen molar-refractivity contribution < 1.29 is 4.74 Å². The van der Waals surface area contributed by atoms with Crippen molar-refractivity contribution in [1.29, 1.82) is 0 Å². The third-order valence-corrected chi connectivity index (χ3v) is 2.20. The van der Waals surface area contributed by atoms with E-state index in [1.54, 1.807) is 0 Å². The Kier molecular flexibility index (Phi) is 3.92. The second-order valence-electron chi connectivity index (χ2n) is 3.83. The Bertz CT molecular complexity index is 95.0. The monoisotopic (exact) mass is 155 g/mol. The molecule has 1 saturated carbocycles. The average molecular weight is 155 g/mol. The lowest BCUT2D eigenvalue weighted by molar-refractivity contribution is 0.0392. The zero-order valence-corrected chi connectivity index (χ0v) is 7.68. The van der Waals surface area contributed by atoms with Crippen molar-refractivity contribution in [2.75, 3.05) is 0 Å². The highest BCUT2D eigenvalue weighted by atomic mass is 16.5. The molecule has 0 aliphatic heterocycles. The zero-order chi connectivity index (χ0) is 8.10. The van der Waals surface area contributed by atoms with Gasteiger partial charge >= 0.3 is 0 Å². The molecule has 0 heterocycles. The van der Waals surface area contributed by atoms with E-state index >= 15 is 0 Å². The normalized spacial score (nSPS) is 18.8. The Balaban J connectivity index is 1.80. The van der Waals surface area contributed by atoms with Crippen LogP contribution in [0.1, 0.15) is 46.0 Å². The van der Waals surface area contributed by atoms with Gasteiger partial charge in [0.1, 0.15) is 0 Å². The first-order chi connectivity index (χ1) is 5.29. The lowest BCUT2D eigenvalue weighted by Gasteiger charge is -2.25. The molecule has 0 unspecified atom stereocenters. The minimum atomic E-state index is 0.571. The van der Waals surface area contributed by atoms with Crippen LogP contribution in [-0.4, -0.2) is 6.10 Å². The van der Waals surface area contributed by atoms with E-state index in [0.29, 0.717) is 6.10 Å². The standard InChI is InChI=1S/C10H19O/c1-9(2)5-4-8-11-10-6-3-7-10/h8-10H,3-7H2,1-2H3. The van der Waals surface area contributed by atoms with Crippen molar-refractivity contribution in [3.05, 3.63) is 6.61 Å². The van der Waals surface area contributed by atoms with Gasteiger partial charge in [-0.3, -0.25) is 0 Å². The molecule has 1 aliphatic rings. The average Bonchev–Trinajstić information content (AvgIpc) is 1.82. The van der Waals surface area contributed by atoms with Crippen LogP contribution in [0.25, 0.3) is 0 Å².